The molecule has 0 radical (unpaired) electrons. The number of rotatable bonds is 2. The van der Waals surface area contributed by atoms with Crippen LogP contribution in [-0.4, -0.2) is 22.3 Å². The van der Waals surface area contributed by atoms with Gasteiger partial charge in [-0.2, -0.15) is 13.2 Å². The lowest BCUT2D eigenvalue weighted by molar-refractivity contribution is -0.131. The molecular formula is C18H11Cl5F3N3. The molecule has 154 valence electrons. The van der Waals surface area contributed by atoms with Crippen LogP contribution in [0.5, 0.6) is 0 Å². The summed E-state index contributed by atoms with van der Waals surface area (Å²) in [5.41, 5.74) is 0.857. The molecule has 0 saturated carbocycles. The SMILES string of the molecule is FC(F)(F)C(Cl)c1ccc(Cl)c2nc3n(c12)CCCN3c1c(Cl)cc(Cl)cc1Cl. The minimum absolute atomic E-state index is 0.104. The van der Waals surface area contributed by atoms with Crippen LogP contribution < -0.4 is 4.90 Å². The molecule has 0 N–H and O–H groups in total. The molecule has 1 aliphatic heterocycles. The normalized spacial score (nSPS) is 15.7. The van der Waals surface area contributed by atoms with E-state index in [0.717, 1.165) is 0 Å². The van der Waals surface area contributed by atoms with Crippen molar-refractivity contribution in [3.63, 3.8) is 0 Å². The molecule has 0 bridgehead atoms. The van der Waals surface area contributed by atoms with Crippen LogP contribution in [-0.2, 0) is 6.54 Å². The highest BCUT2D eigenvalue weighted by Crippen LogP contribution is 2.46. The van der Waals surface area contributed by atoms with Crippen molar-refractivity contribution in [1.29, 1.82) is 0 Å². The fourth-order valence-electron chi connectivity index (χ4n) is 3.51. The number of aromatic nitrogens is 2. The van der Waals surface area contributed by atoms with Crippen LogP contribution >= 0.6 is 58.0 Å². The number of benzene rings is 2. The highest BCUT2D eigenvalue weighted by Gasteiger charge is 2.41. The van der Waals surface area contributed by atoms with Crippen LogP contribution in [0.15, 0.2) is 24.3 Å². The Morgan fingerprint density at radius 3 is 2.24 bits per heavy atom. The third-order valence-corrected chi connectivity index (χ3v) is 6.26. The molecule has 1 aromatic heterocycles. The second-order valence-electron chi connectivity index (χ2n) is 6.52. The summed E-state index contributed by atoms with van der Waals surface area (Å²) in [6, 6.07) is 5.74. The predicted molar refractivity (Wildman–Crippen MR) is 112 cm³/mol. The zero-order valence-electron chi connectivity index (χ0n) is 14.4. The molecule has 2 aromatic carbocycles. The molecule has 3 aromatic rings. The zero-order valence-corrected chi connectivity index (χ0v) is 18.2. The average molecular weight is 504 g/mol. The molecule has 0 spiro atoms. The molecule has 1 atom stereocenters. The van der Waals surface area contributed by atoms with E-state index in [4.69, 9.17) is 58.0 Å². The van der Waals surface area contributed by atoms with E-state index in [1.165, 1.54) is 12.1 Å². The summed E-state index contributed by atoms with van der Waals surface area (Å²) >= 11 is 30.7. The van der Waals surface area contributed by atoms with Crippen molar-refractivity contribution in [1.82, 2.24) is 9.55 Å². The smallest absolute Gasteiger partial charge is 0.309 e. The number of imidazole rings is 1. The number of hydrogen-bond acceptors (Lipinski definition) is 2. The Labute approximate surface area is 188 Å². The minimum atomic E-state index is -4.62. The molecule has 0 fully saturated rings. The summed E-state index contributed by atoms with van der Waals surface area (Å²) in [5, 5.41) is -0.986. The number of fused-ring (bicyclic) bond motifs is 3. The third kappa shape index (κ3) is 3.63. The molecule has 4 rings (SSSR count). The van der Waals surface area contributed by atoms with Gasteiger partial charge in [-0.15, -0.1) is 11.6 Å². The monoisotopic (exact) mass is 501 g/mol. The minimum Gasteiger partial charge on any atom is -0.309 e. The van der Waals surface area contributed by atoms with Gasteiger partial charge >= 0.3 is 6.18 Å². The van der Waals surface area contributed by atoms with Crippen LogP contribution in [0, 0.1) is 0 Å². The maximum absolute atomic E-state index is 13.3. The van der Waals surface area contributed by atoms with E-state index in [0.29, 0.717) is 46.2 Å². The highest BCUT2D eigenvalue weighted by atomic mass is 35.5. The van der Waals surface area contributed by atoms with Crippen molar-refractivity contribution in [3.05, 3.63) is 49.9 Å². The molecule has 1 unspecified atom stereocenters. The molecule has 29 heavy (non-hydrogen) atoms. The van der Waals surface area contributed by atoms with E-state index < -0.39 is 11.6 Å². The van der Waals surface area contributed by atoms with Crippen LogP contribution in [0.25, 0.3) is 11.0 Å². The van der Waals surface area contributed by atoms with Gasteiger partial charge in [0.1, 0.15) is 5.52 Å². The summed E-state index contributed by atoms with van der Waals surface area (Å²) in [5.74, 6) is 0.387. The van der Waals surface area contributed by atoms with E-state index >= 15 is 0 Å². The van der Waals surface area contributed by atoms with Gasteiger partial charge in [-0.05, 0) is 24.6 Å². The van der Waals surface area contributed by atoms with E-state index in [2.05, 4.69) is 4.98 Å². The fraction of sp³-hybridized carbons (Fsp3) is 0.278. The van der Waals surface area contributed by atoms with Gasteiger partial charge in [0.2, 0.25) is 5.95 Å². The first kappa shape index (κ1) is 21.2. The Morgan fingerprint density at radius 1 is 0.966 bits per heavy atom. The second-order valence-corrected chi connectivity index (χ2v) is 8.62. The standard InChI is InChI=1S/C18H11Cl5F3N3/c19-8-6-11(21)15(12(22)7-8)29-5-1-4-28-14-9(16(23)18(24,25)26)2-3-10(20)13(14)27-17(28)29/h2-3,6-7,16H,1,4-5H2. The van der Waals surface area contributed by atoms with Crippen molar-refractivity contribution in [3.8, 4) is 0 Å². The van der Waals surface area contributed by atoms with Gasteiger partial charge in [0, 0.05) is 23.7 Å². The van der Waals surface area contributed by atoms with Gasteiger partial charge in [0.15, 0.2) is 5.38 Å². The molecule has 0 amide bonds. The van der Waals surface area contributed by atoms with Crippen LogP contribution in [0.2, 0.25) is 20.1 Å². The fourth-order valence-corrected chi connectivity index (χ4v) is 4.90. The molecule has 1 aliphatic rings. The number of alkyl halides is 4. The van der Waals surface area contributed by atoms with Gasteiger partial charge < -0.3 is 9.47 Å². The zero-order chi connectivity index (χ0) is 21.1. The molecule has 0 aliphatic carbocycles. The highest BCUT2D eigenvalue weighted by molar-refractivity contribution is 6.42. The molecule has 11 heteroatoms. The quantitative estimate of drug-likeness (QED) is 0.330. The summed E-state index contributed by atoms with van der Waals surface area (Å²) in [4.78, 5) is 6.27. The van der Waals surface area contributed by atoms with Gasteiger partial charge in [0.05, 0.1) is 26.3 Å². The van der Waals surface area contributed by atoms with E-state index in [1.807, 2.05) is 0 Å². The Morgan fingerprint density at radius 2 is 1.62 bits per heavy atom. The van der Waals surface area contributed by atoms with E-state index in [9.17, 15) is 13.2 Å². The predicted octanol–water partition coefficient (Wildman–Crippen LogP) is 8.03. The Kier molecular flexibility index (Phi) is 5.53. The largest absolute Gasteiger partial charge is 0.409 e. The first-order valence-electron chi connectivity index (χ1n) is 8.41. The van der Waals surface area contributed by atoms with Crippen molar-refractivity contribution in [2.45, 2.75) is 24.5 Å². The summed E-state index contributed by atoms with van der Waals surface area (Å²) in [6.45, 7) is 0.959. The first-order chi connectivity index (χ1) is 13.6. The van der Waals surface area contributed by atoms with Gasteiger partial charge in [-0.1, -0.05) is 52.5 Å². The Hall–Kier alpha value is -1.05. The molecule has 3 nitrogen and oxygen atoms in total. The van der Waals surface area contributed by atoms with Crippen LogP contribution in [0.1, 0.15) is 17.4 Å². The van der Waals surface area contributed by atoms with Crippen molar-refractivity contribution >= 4 is 80.7 Å². The number of aryl methyl sites for hydroxylation is 1. The van der Waals surface area contributed by atoms with Crippen LogP contribution in [0.4, 0.5) is 24.8 Å². The number of halogens is 8. The maximum Gasteiger partial charge on any atom is 0.409 e. The molecule has 2 heterocycles. The molecular weight excluding hydrogens is 492 g/mol. The lowest BCUT2D eigenvalue weighted by atomic mass is 10.1. The van der Waals surface area contributed by atoms with E-state index in [-0.39, 0.29) is 21.6 Å². The lowest BCUT2D eigenvalue weighted by Crippen LogP contribution is -2.29. The average Bonchev–Trinajstić information content (AvgIpc) is 3.01. The second kappa shape index (κ2) is 7.57. The summed E-state index contributed by atoms with van der Waals surface area (Å²) < 4.78 is 41.7. The summed E-state index contributed by atoms with van der Waals surface area (Å²) in [6.07, 6.45) is -4.00. The van der Waals surface area contributed by atoms with E-state index in [1.54, 1.807) is 21.6 Å². The van der Waals surface area contributed by atoms with Crippen LogP contribution in [0.3, 0.4) is 0 Å². The number of anilines is 2. The third-order valence-electron chi connectivity index (χ3n) is 4.67. The summed E-state index contributed by atoms with van der Waals surface area (Å²) in [7, 11) is 0. The van der Waals surface area contributed by atoms with Gasteiger partial charge in [-0.3, -0.25) is 0 Å². The van der Waals surface area contributed by atoms with Crippen molar-refractivity contribution < 1.29 is 13.2 Å². The lowest BCUT2D eigenvalue weighted by Gasteiger charge is -2.31. The Bertz CT molecular complexity index is 1090. The van der Waals surface area contributed by atoms with Gasteiger partial charge in [-0.25, -0.2) is 4.98 Å². The van der Waals surface area contributed by atoms with Gasteiger partial charge in [0.25, 0.3) is 0 Å². The van der Waals surface area contributed by atoms with Crippen molar-refractivity contribution in [2.75, 3.05) is 11.4 Å². The number of nitrogens with zero attached hydrogens (tertiary/aromatic N) is 3. The van der Waals surface area contributed by atoms with Crippen molar-refractivity contribution in [2.24, 2.45) is 0 Å². The maximum atomic E-state index is 13.3. The topological polar surface area (TPSA) is 21.1 Å². The molecule has 0 saturated heterocycles. The first-order valence-corrected chi connectivity index (χ1v) is 10.4. The number of hydrogen-bond donors (Lipinski definition) is 0. The Balaban J connectivity index is 1.97.